The van der Waals surface area contributed by atoms with Crippen LogP contribution in [0, 0.1) is 11.8 Å². The zero-order chi connectivity index (χ0) is 35.6. The summed E-state index contributed by atoms with van der Waals surface area (Å²) < 4.78 is 57.4. The molecular weight excluding hydrogens is 655 g/mol. The third-order valence-corrected chi connectivity index (χ3v) is 11.8. The van der Waals surface area contributed by atoms with Gasteiger partial charge in [0.05, 0.1) is 20.8 Å². The van der Waals surface area contributed by atoms with Gasteiger partial charge in [-0.3, -0.25) is 19.1 Å². The monoisotopic (exact) mass is 702 g/mol. The molecule has 0 bridgehead atoms. The number of nitrogens with zero attached hydrogens (tertiary/aromatic N) is 2. The number of ether oxygens (including phenoxy) is 3. The maximum absolute atomic E-state index is 14.1. The highest BCUT2D eigenvalue weighted by atomic mass is 32.2. The molecule has 1 saturated heterocycles. The summed E-state index contributed by atoms with van der Waals surface area (Å²) in [5, 5.41) is 4.28. The Balaban J connectivity index is 1.40. The van der Waals surface area contributed by atoms with Gasteiger partial charge >= 0.3 is 0 Å². The van der Waals surface area contributed by atoms with Crippen LogP contribution in [0.1, 0.15) is 72.1 Å². The number of methoxy groups -OCH3 is 2. The van der Waals surface area contributed by atoms with Crippen molar-refractivity contribution >= 4 is 38.5 Å². The molecule has 3 amide bonds. The van der Waals surface area contributed by atoms with E-state index in [0.717, 1.165) is 24.6 Å². The molecule has 12 nitrogen and oxygen atoms in total. The molecule has 14 heteroatoms. The van der Waals surface area contributed by atoms with Crippen molar-refractivity contribution in [2.45, 2.75) is 94.6 Å². The highest BCUT2D eigenvalue weighted by Crippen LogP contribution is 2.48. The van der Waals surface area contributed by atoms with Crippen molar-refractivity contribution < 1.29 is 41.4 Å². The fourth-order valence-corrected chi connectivity index (χ4v) is 7.76. The van der Waals surface area contributed by atoms with Crippen LogP contribution in [0.25, 0.3) is 10.8 Å². The fraction of sp³-hybridized carbons (Fsp3) is 0.600. The number of benzene rings is 1. The summed E-state index contributed by atoms with van der Waals surface area (Å²) in [6.45, 7) is 4.85. The minimum absolute atomic E-state index is 0.0174. The van der Waals surface area contributed by atoms with Gasteiger partial charge in [-0.05, 0) is 55.2 Å². The van der Waals surface area contributed by atoms with Gasteiger partial charge in [0.1, 0.15) is 34.9 Å². The molecule has 2 aromatic rings. The molecule has 0 spiro atoms. The van der Waals surface area contributed by atoms with E-state index in [1.54, 1.807) is 19.2 Å². The van der Waals surface area contributed by atoms with E-state index in [1.165, 1.54) is 12.0 Å². The van der Waals surface area contributed by atoms with Crippen LogP contribution in [0.5, 0.6) is 17.5 Å². The number of alkyl halides is 1. The Morgan fingerprint density at radius 2 is 1.92 bits per heavy atom. The summed E-state index contributed by atoms with van der Waals surface area (Å²) >= 11 is 0. The van der Waals surface area contributed by atoms with Gasteiger partial charge in [0.15, 0.2) is 0 Å². The molecule has 268 valence electrons. The number of fused-ring (bicyclic) bond motifs is 1. The molecule has 3 fully saturated rings. The first-order chi connectivity index (χ1) is 23.3. The molecule has 5 rings (SSSR count). The topological polar surface area (TPSA) is 153 Å². The highest BCUT2D eigenvalue weighted by molar-refractivity contribution is 7.91. The van der Waals surface area contributed by atoms with Crippen molar-refractivity contribution in [2.24, 2.45) is 11.8 Å². The number of sulfonamides is 1. The normalized spacial score (nSPS) is 24.2. The summed E-state index contributed by atoms with van der Waals surface area (Å²) in [5.41, 5.74) is -1.56. The number of aromatic nitrogens is 1. The summed E-state index contributed by atoms with van der Waals surface area (Å²) in [4.78, 5) is 47.3. The Morgan fingerprint density at radius 3 is 2.55 bits per heavy atom. The Labute approximate surface area is 287 Å². The lowest BCUT2D eigenvalue weighted by atomic mass is 10.1. The fourth-order valence-electron chi connectivity index (χ4n) is 6.34. The molecule has 2 aliphatic carbocycles. The van der Waals surface area contributed by atoms with Crippen LogP contribution in [0.2, 0.25) is 0 Å². The second-order valence-corrected chi connectivity index (χ2v) is 15.9. The molecule has 4 unspecified atom stereocenters. The van der Waals surface area contributed by atoms with Crippen molar-refractivity contribution in [2.75, 3.05) is 27.4 Å². The first kappa shape index (κ1) is 36.3. The molecule has 3 aliphatic rings. The predicted molar refractivity (Wildman–Crippen MR) is 181 cm³/mol. The van der Waals surface area contributed by atoms with E-state index >= 15 is 0 Å². The molecule has 49 heavy (non-hydrogen) atoms. The van der Waals surface area contributed by atoms with E-state index in [4.69, 9.17) is 14.2 Å². The van der Waals surface area contributed by atoms with Crippen molar-refractivity contribution in [3.8, 4) is 17.5 Å². The molecule has 2 saturated carbocycles. The Bertz CT molecular complexity index is 1710. The standard InChI is InChI=1S/C35H47FN4O8S/c1-6-7-8-9-10-24-19-35(24,33(43)39-49(44,45)34(21-36)13-14-34)38-31(42)28-18-26(20-40(28)30(41)15-22(2)3)48-32-27-12-11-25(46-4)16-23(27)17-29(37-32)47-5/h9-12,16-17,22,24,26,28H,6-8,13-15,18-21H2,1-5H3,(H,38,42)(H,39,43). The second kappa shape index (κ2) is 14.5. The third-order valence-electron chi connectivity index (χ3n) is 9.64. The van der Waals surface area contributed by atoms with Crippen molar-refractivity contribution in [1.82, 2.24) is 19.9 Å². The van der Waals surface area contributed by atoms with E-state index in [9.17, 15) is 27.2 Å². The van der Waals surface area contributed by atoms with E-state index in [1.807, 2.05) is 38.1 Å². The smallest absolute Gasteiger partial charge is 0.259 e. The number of allylic oxidation sites excluding steroid dienone is 1. The number of hydrogen-bond acceptors (Lipinski definition) is 9. The minimum atomic E-state index is -4.32. The SMILES string of the molecule is CCCCC=CC1CC1(NC(=O)C1CC(Oc2nc(OC)cc3cc(OC)ccc23)CN1C(=O)CC(C)C)C(=O)NS(=O)(=O)C1(CF)CC1. The number of rotatable bonds is 16. The molecule has 0 radical (unpaired) electrons. The van der Waals surface area contributed by atoms with Gasteiger partial charge in [0.2, 0.25) is 33.6 Å². The zero-order valence-corrected chi connectivity index (χ0v) is 29.6. The van der Waals surface area contributed by atoms with Gasteiger partial charge in [0, 0.05) is 30.2 Å². The molecule has 1 aliphatic heterocycles. The Hall–Kier alpha value is -3.94. The van der Waals surface area contributed by atoms with Crippen molar-refractivity contribution in [3.05, 3.63) is 36.4 Å². The van der Waals surface area contributed by atoms with Crippen LogP contribution in [-0.2, 0) is 24.4 Å². The van der Waals surface area contributed by atoms with Crippen LogP contribution in [-0.4, -0.2) is 85.9 Å². The maximum atomic E-state index is 14.1. The van der Waals surface area contributed by atoms with Crippen molar-refractivity contribution in [3.63, 3.8) is 0 Å². The van der Waals surface area contributed by atoms with Crippen LogP contribution in [0.3, 0.4) is 0 Å². The number of amides is 3. The van der Waals surface area contributed by atoms with E-state index in [-0.39, 0.29) is 56.4 Å². The number of pyridine rings is 1. The predicted octanol–water partition coefficient (Wildman–Crippen LogP) is 4.22. The number of carbonyl (C=O) groups is 3. The van der Waals surface area contributed by atoms with E-state index in [0.29, 0.717) is 17.0 Å². The van der Waals surface area contributed by atoms with Gasteiger partial charge in [-0.15, -0.1) is 0 Å². The lowest BCUT2D eigenvalue weighted by Gasteiger charge is -2.27. The van der Waals surface area contributed by atoms with Gasteiger partial charge in [-0.1, -0.05) is 45.8 Å². The van der Waals surface area contributed by atoms with E-state index in [2.05, 4.69) is 21.9 Å². The molecule has 1 aromatic carbocycles. The Kier molecular flexibility index (Phi) is 10.8. The summed E-state index contributed by atoms with van der Waals surface area (Å²) in [6.07, 6.45) is 6.48. The lowest BCUT2D eigenvalue weighted by Crippen LogP contribution is -2.57. The van der Waals surface area contributed by atoms with Gasteiger partial charge in [0.25, 0.3) is 5.91 Å². The first-order valence-electron chi connectivity index (χ1n) is 16.9. The van der Waals surface area contributed by atoms with Crippen molar-refractivity contribution in [1.29, 1.82) is 0 Å². The van der Waals surface area contributed by atoms with Crippen LogP contribution in [0.4, 0.5) is 4.39 Å². The molecule has 2 heterocycles. The zero-order valence-electron chi connectivity index (χ0n) is 28.8. The second-order valence-electron chi connectivity index (χ2n) is 13.8. The molecule has 2 N–H and O–H groups in total. The highest BCUT2D eigenvalue weighted by Gasteiger charge is 2.64. The average molecular weight is 703 g/mol. The number of hydrogen-bond donors (Lipinski definition) is 2. The quantitative estimate of drug-likeness (QED) is 0.194. The molecule has 4 atom stereocenters. The largest absolute Gasteiger partial charge is 0.497 e. The third kappa shape index (κ3) is 7.63. The number of halogens is 1. The van der Waals surface area contributed by atoms with E-state index < -0.39 is 56.9 Å². The Morgan fingerprint density at radius 1 is 1.16 bits per heavy atom. The first-order valence-corrected chi connectivity index (χ1v) is 18.4. The average Bonchev–Trinajstić information content (AvgIpc) is 3.97. The summed E-state index contributed by atoms with van der Waals surface area (Å²) in [7, 11) is -1.26. The summed E-state index contributed by atoms with van der Waals surface area (Å²) in [6, 6.07) is 6.16. The van der Waals surface area contributed by atoms with Gasteiger partial charge in [-0.25, -0.2) is 12.8 Å². The minimum Gasteiger partial charge on any atom is -0.497 e. The number of unbranched alkanes of at least 4 members (excludes halogenated alkanes) is 2. The number of nitrogens with one attached hydrogen (secondary N) is 2. The van der Waals surface area contributed by atoms with Crippen LogP contribution in [0.15, 0.2) is 36.4 Å². The summed E-state index contributed by atoms with van der Waals surface area (Å²) in [5.74, 6) is -0.991. The number of likely N-dealkylation sites (tertiary alicyclic amines) is 1. The lowest BCUT2D eigenvalue weighted by molar-refractivity contribution is -0.140. The van der Waals surface area contributed by atoms with Gasteiger partial charge in [-0.2, -0.15) is 4.98 Å². The maximum Gasteiger partial charge on any atom is 0.259 e. The molecular formula is C35H47FN4O8S. The van der Waals surface area contributed by atoms with Gasteiger partial charge < -0.3 is 24.4 Å². The van der Waals surface area contributed by atoms with Crippen LogP contribution < -0.4 is 24.2 Å². The molecule has 1 aromatic heterocycles. The number of carbonyl (C=O) groups excluding carboxylic acids is 3. The van der Waals surface area contributed by atoms with Crippen LogP contribution >= 0.6 is 0 Å².